The molecule has 2 aromatic carbocycles. The van der Waals surface area contributed by atoms with E-state index in [1.807, 2.05) is 6.07 Å². The molecule has 0 aliphatic carbocycles. The lowest BCUT2D eigenvalue weighted by Gasteiger charge is -2.12. The molecule has 114 valence electrons. The van der Waals surface area contributed by atoms with Gasteiger partial charge < -0.3 is 0 Å². The number of nitrogens with zero attached hydrogens (tertiary/aromatic N) is 3. The molecule has 0 N–H and O–H groups in total. The number of benzene rings is 2. The Balaban J connectivity index is 2.31. The first-order chi connectivity index (χ1) is 11.1. The van der Waals surface area contributed by atoms with Gasteiger partial charge in [-0.05, 0) is 42.5 Å². The summed E-state index contributed by atoms with van der Waals surface area (Å²) in [4.78, 5) is 17.4. The number of nitriles is 1. The fourth-order valence-electron chi connectivity index (χ4n) is 2.15. The van der Waals surface area contributed by atoms with E-state index in [4.69, 9.17) is 28.5 Å². The van der Waals surface area contributed by atoms with E-state index in [0.29, 0.717) is 31.8 Å². The first kappa shape index (κ1) is 15.9. The monoisotopic (exact) mass is 361 g/mol. The summed E-state index contributed by atoms with van der Waals surface area (Å²) in [5, 5.41) is 10.8. The molecule has 0 spiro atoms. The lowest BCUT2D eigenvalue weighted by atomic mass is 10.2. The Morgan fingerprint density at radius 3 is 2.52 bits per heavy atom. The zero-order valence-corrected chi connectivity index (χ0v) is 14.0. The summed E-state index contributed by atoms with van der Waals surface area (Å²) in [5.41, 5.74) is 0.937. The third-order valence-corrected chi connectivity index (χ3v) is 4.44. The molecule has 0 unspecified atom stereocenters. The highest BCUT2D eigenvalue weighted by atomic mass is 35.5. The van der Waals surface area contributed by atoms with E-state index in [0.717, 1.165) is 0 Å². The molecule has 0 atom stereocenters. The molecule has 0 aliphatic rings. The molecule has 0 fully saturated rings. The maximum atomic E-state index is 12.9. The van der Waals surface area contributed by atoms with E-state index in [9.17, 15) is 4.79 Å². The van der Waals surface area contributed by atoms with Crippen molar-refractivity contribution in [3.05, 3.63) is 62.9 Å². The summed E-state index contributed by atoms with van der Waals surface area (Å²) in [6.07, 6.45) is 0. The van der Waals surface area contributed by atoms with Gasteiger partial charge in [-0.15, -0.1) is 0 Å². The van der Waals surface area contributed by atoms with Crippen molar-refractivity contribution < 1.29 is 0 Å². The lowest BCUT2D eigenvalue weighted by Crippen LogP contribution is -2.21. The van der Waals surface area contributed by atoms with Gasteiger partial charge in [0.25, 0.3) is 5.56 Å². The Kier molecular flexibility index (Phi) is 4.58. The Morgan fingerprint density at radius 2 is 1.83 bits per heavy atom. The van der Waals surface area contributed by atoms with Crippen molar-refractivity contribution in [1.29, 1.82) is 5.26 Å². The van der Waals surface area contributed by atoms with Crippen molar-refractivity contribution in [2.24, 2.45) is 0 Å². The first-order valence-corrected chi connectivity index (χ1v) is 8.32. The van der Waals surface area contributed by atoms with Gasteiger partial charge in [0.2, 0.25) is 0 Å². The van der Waals surface area contributed by atoms with Crippen LogP contribution in [0.3, 0.4) is 0 Å². The second kappa shape index (κ2) is 6.63. The fourth-order valence-corrected chi connectivity index (χ4v) is 3.12. The molecular weight excluding hydrogens is 353 g/mol. The van der Waals surface area contributed by atoms with Crippen LogP contribution in [-0.4, -0.2) is 15.3 Å². The maximum Gasteiger partial charge on any atom is 0.266 e. The molecule has 0 aliphatic heterocycles. The summed E-state index contributed by atoms with van der Waals surface area (Å²) in [6.45, 7) is 0. The van der Waals surface area contributed by atoms with E-state index in [1.54, 1.807) is 42.5 Å². The zero-order chi connectivity index (χ0) is 16.4. The number of hydrogen-bond donors (Lipinski definition) is 0. The van der Waals surface area contributed by atoms with Gasteiger partial charge in [-0.2, -0.15) is 5.26 Å². The molecule has 4 nitrogen and oxygen atoms in total. The molecule has 23 heavy (non-hydrogen) atoms. The van der Waals surface area contributed by atoms with E-state index >= 15 is 0 Å². The van der Waals surface area contributed by atoms with E-state index in [2.05, 4.69) is 4.98 Å². The molecule has 0 bridgehead atoms. The van der Waals surface area contributed by atoms with Crippen LogP contribution in [0.4, 0.5) is 0 Å². The Bertz CT molecular complexity index is 978. The Labute approximate surface area is 146 Å². The zero-order valence-electron chi connectivity index (χ0n) is 11.7. The molecule has 1 heterocycles. The summed E-state index contributed by atoms with van der Waals surface area (Å²) >= 11 is 13.1. The predicted molar refractivity (Wildman–Crippen MR) is 93.7 cm³/mol. The smallest absolute Gasteiger partial charge is 0.266 e. The summed E-state index contributed by atoms with van der Waals surface area (Å²) in [6, 6.07) is 13.9. The van der Waals surface area contributed by atoms with Gasteiger partial charge >= 0.3 is 0 Å². The van der Waals surface area contributed by atoms with E-state index in [-0.39, 0.29) is 11.3 Å². The third-order valence-electron chi connectivity index (χ3n) is 3.15. The fraction of sp³-hybridized carbons (Fsp3) is 0.0625. The van der Waals surface area contributed by atoms with Crippen LogP contribution in [0.15, 0.2) is 52.4 Å². The highest BCUT2D eigenvalue weighted by Gasteiger charge is 2.13. The minimum Gasteiger partial charge on any atom is -0.268 e. The molecule has 0 saturated carbocycles. The number of fused-ring (bicyclic) bond motifs is 1. The van der Waals surface area contributed by atoms with Crippen LogP contribution >= 0.6 is 35.0 Å². The van der Waals surface area contributed by atoms with Crippen LogP contribution < -0.4 is 5.56 Å². The first-order valence-electron chi connectivity index (χ1n) is 6.58. The van der Waals surface area contributed by atoms with Crippen molar-refractivity contribution in [3.8, 4) is 11.8 Å². The number of halogens is 2. The Hall–Kier alpha value is -2.00. The van der Waals surface area contributed by atoms with Crippen molar-refractivity contribution in [2.75, 3.05) is 5.75 Å². The Morgan fingerprint density at radius 1 is 1.13 bits per heavy atom. The summed E-state index contributed by atoms with van der Waals surface area (Å²) in [5.74, 6) is 0.187. The number of aromatic nitrogens is 2. The van der Waals surface area contributed by atoms with Crippen molar-refractivity contribution in [2.45, 2.75) is 5.16 Å². The lowest BCUT2D eigenvalue weighted by molar-refractivity contribution is 0.821. The van der Waals surface area contributed by atoms with Crippen LogP contribution in [0.25, 0.3) is 16.6 Å². The molecule has 0 amide bonds. The molecule has 7 heteroatoms. The van der Waals surface area contributed by atoms with E-state index < -0.39 is 0 Å². The number of thioether (sulfide) groups is 1. The third kappa shape index (κ3) is 3.20. The topological polar surface area (TPSA) is 58.7 Å². The van der Waals surface area contributed by atoms with Crippen LogP contribution in [0.1, 0.15) is 0 Å². The molecule has 3 aromatic rings. The summed E-state index contributed by atoms with van der Waals surface area (Å²) < 4.78 is 1.48. The van der Waals surface area contributed by atoms with Crippen molar-refractivity contribution in [3.63, 3.8) is 0 Å². The average Bonchev–Trinajstić information content (AvgIpc) is 2.54. The van der Waals surface area contributed by atoms with Gasteiger partial charge in [0, 0.05) is 10.0 Å². The minimum absolute atomic E-state index is 0.187. The molecular formula is C16H9Cl2N3OS. The van der Waals surface area contributed by atoms with Gasteiger partial charge in [-0.25, -0.2) is 4.98 Å². The molecule has 3 rings (SSSR count). The second-order valence-electron chi connectivity index (χ2n) is 4.62. The standard InChI is InChI=1S/C16H9Cl2N3OS/c17-10-1-4-12(5-2-10)21-15(22)13-6-3-11(18)9-14(13)20-16(21)23-8-7-19/h1-6,9H,8H2. The van der Waals surface area contributed by atoms with Gasteiger partial charge in [0.15, 0.2) is 5.16 Å². The highest BCUT2D eigenvalue weighted by Crippen LogP contribution is 2.23. The summed E-state index contributed by atoms with van der Waals surface area (Å²) in [7, 11) is 0. The number of rotatable bonds is 3. The van der Waals surface area contributed by atoms with Crippen LogP contribution in [0.2, 0.25) is 10.0 Å². The van der Waals surface area contributed by atoms with Gasteiger partial charge in [0.05, 0.1) is 28.4 Å². The maximum absolute atomic E-state index is 12.9. The molecule has 1 aromatic heterocycles. The van der Waals surface area contributed by atoms with Crippen molar-refractivity contribution >= 4 is 45.9 Å². The van der Waals surface area contributed by atoms with Crippen molar-refractivity contribution in [1.82, 2.24) is 9.55 Å². The van der Waals surface area contributed by atoms with Gasteiger partial charge in [-0.1, -0.05) is 35.0 Å². The SMILES string of the molecule is N#CCSc1nc2cc(Cl)ccc2c(=O)n1-c1ccc(Cl)cc1. The largest absolute Gasteiger partial charge is 0.268 e. The predicted octanol–water partition coefficient (Wildman–Crippen LogP) is 4.31. The molecule has 0 saturated heterocycles. The van der Waals surface area contributed by atoms with Crippen LogP contribution in [0.5, 0.6) is 0 Å². The normalized spacial score (nSPS) is 10.7. The minimum atomic E-state index is -0.213. The highest BCUT2D eigenvalue weighted by molar-refractivity contribution is 7.99. The second-order valence-corrected chi connectivity index (χ2v) is 6.43. The van der Waals surface area contributed by atoms with Crippen LogP contribution in [0, 0.1) is 11.3 Å². The van der Waals surface area contributed by atoms with Gasteiger partial charge in [-0.3, -0.25) is 9.36 Å². The quantitative estimate of drug-likeness (QED) is 0.515. The van der Waals surface area contributed by atoms with Gasteiger partial charge in [0.1, 0.15) is 0 Å². The van der Waals surface area contributed by atoms with E-state index in [1.165, 1.54) is 16.3 Å². The number of hydrogen-bond acceptors (Lipinski definition) is 4. The molecule has 0 radical (unpaired) electrons. The van der Waals surface area contributed by atoms with Crippen LogP contribution in [-0.2, 0) is 0 Å². The average molecular weight is 362 g/mol.